The predicted octanol–water partition coefficient (Wildman–Crippen LogP) is 1.77. The Balaban J connectivity index is 2.69. The summed E-state index contributed by atoms with van der Waals surface area (Å²) in [6.45, 7) is 1.82. The molecule has 4 nitrogen and oxygen atoms in total. The summed E-state index contributed by atoms with van der Waals surface area (Å²) in [5, 5.41) is 5.75. The van der Waals surface area contributed by atoms with Crippen LogP contribution in [0.1, 0.15) is 5.56 Å². The second-order valence-electron chi connectivity index (χ2n) is 3.08. The third-order valence-electron chi connectivity index (χ3n) is 2.04. The number of nitrogens with one attached hydrogen (secondary N) is 1. The monoisotopic (exact) mass is 271 g/mol. The number of benzene rings is 1. The van der Waals surface area contributed by atoms with Gasteiger partial charge in [0.1, 0.15) is 12.1 Å². The predicted molar refractivity (Wildman–Crippen MR) is 56.6 cm³/mol. The van der Waals surface area contributed by atoms with Crippen LogP contribution in [-0.4, -0.2) is 14.8 Å². The maximum absolute atomic E-state index is 13.5. The maximum atomic E-state index is 13.5. The number of aryl methyl sites for hydroxylation is 1. The fourth-order valence-corrected chi connectivity index (χ4v) is 1.56. The van der Waals surface area contributed by atoms with Gasteiger partial charge in [0.05, 0.1) is 5.69 Å². The number of hydrogen-bond donors (Lipinski definition) is 1. The van der Waals surface area contributed by atoms with Crippen LogP contribution in [0.3, 0.4) is 0 Å². The van der Waals surface area contributed by atoms with E-state index in [1.54, 1.807) is 6.07 Å². The fourth-order valence-electron chi connectivity index (χ4n) is 1.25. The van der Waals surface area contributed by atoms with Gasteiger partial charge in [-0.1, -0.05) is 15.9 Å². The van der Waals surface area contributed by atoms with Crippen LogP contribution in [0.25, 0.3) is 5.69 Å². The van der Waals surface area contributed by atoms with Gasteiger partial charge in [-0.05, 0) is 24.6 Å². The van der Waals surface area contributed by atoms with Gasteiger partial charge in [-0.25, -0.2) is 18.9 Å². The van der Waals surface area contributed by atoms with Gasteiger partial charge in [0, 0.05) is 4.47 Å². The molecule has 78 valence electrons. The van der Waals surface area contributed by atoms with Gasteiger partial charge in [-0.15, -0.1) is 0 Å². The molecule has 0 spiro atoms. The maximum Gasteiger partial charge on any atom is 0.347 e. The number of nitrogens with zero attached hydrogens (tertiary/aromatic N) is 2. The van der Waals surface area contributed by atoms with Crippen LogP contribution < -0.4 is 5.69 Å². The molecule has 15 heavy (non-hydrogen) atoms. The molecular formula is C9H7BrFN3O. The molecule has 0 atom stereocenters. The zero-order valence-corrected chi connectivity index (χ0v) is 9.38. The van der Waals surface area contributed by atoms with Gasteiger partial charge >= 0.3 is 5.69 Å². The van der Waals surface area contributed by atoms with Crippen molar-refractivity contribution in [1.29, 1.82) is 0 Å². The number of hydrogen-bond acceptors (Lipinski definition) is 2. The lowest BCUT2D eigenvalue weighted by Gasteiger charge is -2.05. The largest absolute Gasteiger partial charge is 0.347 e. The van der Waals surface area contributed by atoms with Crippen molar-refractivity contribution in [2.75, 3.05) is 0 Å². The summed E-state index contributed by atoms with van der Waals surface area (Å²) >= 11 is 3.21. The first-order valence-electron chi connectivity index (χ1n) is 4.17. The van der Waals surface area contributed by atoms with E-state index in [1.165, 1.54) is 12.4 Å². The molecule has 2 aromatic rings. The average molecular weight is 272 g/mol. The van der Waals surface area contributed by atoms with Gasteiger partial charge in [0.15, 0.2) is 0 Å². The molecule has 6 heteroatoms. The van der Waals surface area contributed by atoms with Crippen molar-refractivity contribution in [3.8, 4) is 5.69 Å². The first-order valence-corrected chi connectivity index (χ1v) is 4.97. The van der Waals surface area contributed by atoms with Crippen molar-refractivity contribution in [1.82, 2.24) is 14.8 Å². The molecular weight excluding hydrogens is 265 g/mol. The molecule has 0 radical (unpaired) electrons. The van der Waals surface area contributed by atoms with Crippen LogP contribution in [0.15, 0.2) is 27.7 Å². The van der Waals surface area contributed by atoms with E-state index in [-0.39, 0.29) is 5.69 Å². The van der Waals surface area contributed by atoms with E-state index in [2.05, 4.69) is 26.1 Å². The van der Waals surface area contributed by atoms with E-state index in [0.29, 0.717) is 4.47 Å². The summed E-state index contributed by atoms with van der Waals surface area (Å²) in [5.41, 5.74) is 0.574. The molecule has 0 aliphatic carbocycles. The highest BCUT2D eigenvalue weighted by Crippen LogP contribution is 2.21. The van der Waals surface area contributed by atoms with E-state index < -0.39 is 11.5 Å². The van der Waals surface area contributed by atoms with Crippen LogP contribution in [-0.2, 0) is 0 Å². The molecule has 1 aromatic carbocycles. The van der Waals surface area contributed by atoms with Crippen LogP contribution in [0.5, 0.6) is 0 Å². The van der Waals surface area contributed by atoms with Crippen LogP contribution in [0.4, 0.5) is 4.39 Å². The first-order chi connectivity index (χ1) is 7.09. The lowest BCUT2D eigenvalue weighted by Crippen LogP contribution is -2.15. The molecule has 0 bridgehead atoms. The molecule has 1 aromatic heterocycles. The minimum atomic E-state index is -0.476. The summed E-state index contributed by atoms with van der Waals surface area (Å²) < 4.78 is 15.3. The van der Waals surface area contributed by atoms with Crippen LogP contribution >= 0.6 is 15.9 Å². The van der Waals surface area contributed by atoms with Crippen molar-refractivity contribution in [3.63, 3.8) is 0 Å². The smallest absolute Gasteiger partial charge is 0.247 e. The molecule has 2 rings (SSSR count). The zero-order valence-electron chi connectivity index (χ0n) is 7.79. The Morgan fingerprint density at radius 2 is 2.27 bits per heavy atom. The topological polar surface area (TPSA) is 50.7 Å². The van der Waals surface area contributed by atoms with E-state index in [4.69, 9.17) is 0 Å². The standard InChI is InChI=1S/C9H7BrFN3O/c1-5-2-8(7(11)3-6(5)10)14-4-12-13-9(14)15/h2-4H,1H3,(H,13,15). The number of rotatable bonds is 1. The number of aromatic nitrogens is 3. The van der Waals surface area contributed by atoms with E-state index in [0.717, 1.165) is 10.1 Å². The van der Waals surface area contributed by atoms with Crippen LogP contribution in [0.2, 0.25) is 0 Å². The quantitative estimate of drug-likeness (QED) is 0.860. The minimum Gasteiger partial charge on any atom is -0.247 e. The Morgan fingerprint density at radius 3 is 2.87 bits per heavy atom. The van der Waals surface area contributed by atoms with Crippen molar-refractivity contribution >= 4 is 15.9 Å². The number of halogens is 2. The Labute approximate surface area is 92.9 Å². The summed E-state index contributed by atoms with van der Waals surface area (Å²) in [7, 11) is 0. The third-order valence-corrected chi connectivity index (χ3v) is 2.89. The lowest BCUT2D eigenvalue weighted by molar-refractivity contribution is 0.615. The van der Waals surface area contributed by atoms with E-state index in [1.807, 2.05) is 6.92 Å². The summed E-state index contributed by atoms with van der Waals surface area (Å²) in [6, 6.07) is 2.90. The molecule has 1 N–H and O–H groups in total. The Bertz CT molecular complexity index is 561. The Morgan fingerprint density at radius 1 is 1.53 bits per heavy atom. The lowest BCUT2D eigenvalue weighted by atomic mass is 10.2. The summed E-state index contributed by atoms with van der Waals surface area (Å²) in [5.74, 6) is -0.476. The third kappa shape index (κ3) is 1.72. The summed E-state index contributed by atoms with van der Waals surface area (Å²) in [6.07, 6.45) is 1.24. The van der Waals surface area contributed by atoms with E-state index in [9.17, 15) is 9.18 Å². The molecule has 0 unspecified atom stereocenters. The molecule has 0 saturated heterocycles. The molecule has 1 heterocycles. The molecule has 0 saturated carbocycles. The van der Waals surface area contributed by atoms with Gasteiger partial charge in [-0.3, -0.25) is 0 Å². The second-order valence-corrected chi connectivity index (χ2v) is 3.94. The molecule has 0 fully saturated rings. The average Bonchev–Trinajstić information content (AvgIpc) is 2.58. The van der Waals surface area contributed by atoms with Crippen molar-refractivity contribution < 1.29 is 4.39 Å². The summed E-state index contributed by atoms with van der Waals surface area (Å²) in [4.78, 5) is 11.2. The van der Waals surface area contributed by atoms with Crippen molar-refractivity contribution in [2.45, 2.75) is 6.92 Å². The van der Waals surface area contributed by atoms with Crippen molar-refractivity contribution in [3.05, 3.63) is 44.8 Å². The SMILES string of the molecule is Cc1cc(-n2cn[nH]c2=O)c(F)cc1Br. The number of H-pyrrole nitrogens is 1. The minimum absolute atomic E-state index is 0.189. The normalized spacial score (nSPS) is 10.6. The van der Waals surface area contributed by atoms with Gasteiger partial charge < -0.3 is 0 Å². The van der Waals surface area contributed by atoms with Gasteiger partial charge in [0.25, 0.3) is 0 Å². The highest BCUT2D eigenvalue weighted by atomic mass is 79.9. The van der Waals surface area contributed by atoms with Crippen LogP contribution in [0, 0.1) is 12.7 Å². The highest BCUT2D eigenvalue weighted by Gasteiger charge is 2.09. The molecule has 0 amide bonds. The van der Waals surface area contributed by atoms with E-state index >= 15 is 0 Å². The second kappa shape index (κ2) is 3.62. The van der Waals surface area contributed by atoms with Gasteiger partial charge in [0.2, 0.25) is 0 Å². The Kier molecular flexibility index (Phi) is 2.44. The van der Waals surface area contributed by atoms with Gasteiger partial charge in [-0.2, -0.15) is 5.10 Å². The molecule has 0 aliphatic heterocycles. The Hall–Kier alpha value is -1.43. The number of aromatic amines is 1. The fraction of sp³-hybridized carbons (Fsp3) is 0.111. The zero-order chi connectivity index (χ0) is 11.0. The molecule has 0 aliphatic rings. The highest BCUT2D eigenvalue weighted by molar-refractivity contribution is 9.10. The first kappa shape index (κ1) is 10.1. The van der Waals surface area contributed by atoms with Crippen molar-refractivity contribution in [2.24, 2.45) is 0 Å².